The number of hydrogen-bond donors (Lipinski definition) is 1. The summed E-state index contributed by atoms with van der Waals surface area (Å²) in [6, 6.07) is 6.94. The van der Waals surface area contributed by atoms with Crippen LogP contribution in [0.25, 0.3) is 0 Å². The number of nitrogens with zero attached hydrogens (tertiary/aromatic N) is 2. The summed E-state index contributed by atoms with van der Waals surface area (Å²) in [5.41, 5.74) is 6.44. The van der Waals surface area contributed by atoms with Crippen LogP contribution in [0.15, 0.2) is 30.5 Å². The van der Waals surface area contributed by atoms with Gasteiger partial charge in [-0.05, 0) is 26.0 Å². The van der Waals surface area contributed by atoms with Gasteiger partial charge in [-0.2, -0.15) is 0 Å². The van der Waals surface area contributed by atoms with Crippen molar-refractivity contribution in [2.45, 2.75) is 26.6 Å². The Labute approximate surface area is 123 Å². The van der Waals surface area contributed by atoms with Crippen LogP contribution >= 0.6 is 0 Å². The lowest BCUT2D eigenvalue weighted by Crippen LogP contribution is -2.17. The summed E-state index contributed by atoms with van der Waals surface area (Å²) in [6.07, 6.45) is 1.77. The third-order valence-corrected chi connectivity index (χ3v) is 2.81. The van der Waals surface area contributed by atoms with Crippen molar-refractivity contribution in [2.75, 3.05) is 0 Å². The number of hydrogen-bond acceptors (Lipinski definition) is 4. The van der Waals surface area contributed by atoms with E-state index in [2.05, 4.69) is 5.10 Å². The number of aromatic nitrogens is 2. The molecule has 1 amide bonds. The molecule has 112 valence electrons. The molecule has 0 aliphatic rings. The molecule has 0 saturated heterocycles. The van der Waals surface area contributed by atoms with Gasteiger partial charge in [0.1, 0.15) is 12.4 Å². The minimum Gasteiger partial charge on any atom is -0.491 e. The fourth-order valence-electron chi connectivity index (χ4n) is 1.93. The molecule has 0 atom stereocenters. The fraction of sp³-hybridized carbons (Fsp3) is 0.333. The Morgan fingerprint density at radius 2 is 2.14 bits per heavy atom. The number of primary amides is 1. The molecule has 0 radical (unpaired) electrons. The zero-order valence-electron chi connectivity index (χ0n) is 12.4. The van der Waals surface area contributed by atoms with E-state index >= 15 is 0 Å². The first-order chi connectivity index (χ1) is 9.97. The monoisotopic (exact) mass is 289 g/mol. The van der Waals surface area contributed by atoms with Gasteiger partial charge >= 0.3 is 0 Å². The number of nitrogens with two attached hydrogens (primary N) is 1. The predicted molar refractivity (Wildman–Crippen MR) is 78.3 cm³/mol. The van der Waals surface area contributed by atoms with Crippen LogP contribution in [-0.2, 0) is 13.7 Å². The van der Waals surface area contributed by atoms with Crippen LogP contribution in [0.5, 0.6) is 11.6 Å². The molecule has 1 aromatic carbocycles. The maximum absolute atomic E-state index is 11.6. The Hall–Kier alpha value is -2.50. The van der Waals surface area contributed by atoms with E-state index in [1.165, 1.54) is 0 Å². The lowest BCUT2D eigenvalue weighted by atomic mass is 10.1. The number of rotatable bonds is 6. The number of carbonyl (C=O) groups is 1. The highest BCUT2D eigenvalue weighted by atomic mass is 16.5. The second-order valence-electron chi connectivity index (χ2n) is 4.93. The van der Waals surface area contributed by atoms with Crippen LogP contribution in [0.2, 0.25) is 0 Å². The summed E-state index contributed by atoms with van der Waals surface area (Å²) in [5, 5.41) is 4.13. The summed E-state index contributed by atoms with van der Waals surface area (Å²) in [7, 11) is 1.80. The number of carbonyl (C=O) groups excluding carboxylic acids is 1. The van der Waals surface area contributed by atoms with E-state index in [-0.39, 0.29) is 12.7 Å². The van der Waals surface area contributed by atoms with Gasteiger partial charge in [-0.1, -0.05) is 6.07 Å². The molecule has 0 unspecified atom stereocenters. The Kier molecular flexibility index (Phi) is 4.47. The molecule has 21 heavy (non-hydrogen) atoms. The highest BCUT2D eigenvalue weighted by Gasteiger charge is 2.15. The van der Waals surface area contributed by atoms with Gasteiger partial charge in [0.2, 0.25) is 11.8 Å². The molecule has 2 aromatic rings. The van der Waals surface area contributed by atoms with Crippen molar-refractivity contribution in [2.24, 2.45) is 12.8 Å². The first kappa shape index (κ1) is 14.9. The van der Waals surface area contributed by atoms with Crippen molar-refractivity contribution < 1.29 is 14.3 Å². The maximum atomic E-state index is 11.6. The summed E-state index contributed by atoms with van der Waals surface area (Å²) >= 11 is 0. The molecule has 0 saturated carbocycles. The van der Waals surface area contributed by atoms with Gasteiger partial charge in [-0.25, -0.2) is 0 Å². The predicted octanol–water partition coefficient (Wildman–Crippen LogP) is 1.89. The molecule has 0 fully saturated rings. The average Bonchev–Trinajstić information content (AvgIpc) is 2.82. The second-order valence-corrected chi connectivity index (χ2v) is 4.93. The van der Waals surface area contributed by atoms with E-state index in [1.54, 1.807) is 42.2 Å². The molecular formula is C15H19N3O3. The van der Waals surface area contributed by atoms with Gasteiger partial charge in [-0.3, -0.25) is 9.48 Å². The van der Waals surface area contributed by atoms with E-state index in [4.69, 9.17) is 15.2 Å². The molecule has 0 bridgehead atoms. The van der Waals surface area contributed by atoms with Crippen LogP contribution in [0.1, 0.15) is 29.8 Å². The SMILES string of the molecule is CC(C)Oc1cccc(C(N)=O)c1COc1ccn(C)n1. The van der Waals surface area contributed by atoms with Crippen LogP contribution in [0, 0.1) is 0 Å². The number of benzene rings is 1. The molecule has 2 N–H and O–H groups in total. The summed E-state index contributed by atoms with van der Waals surface area (Å²) < 4.78 is 13.0. The van der Waals surface area contributed by atoms with E-state index < -0.39 is 5.91 Å². The normalized spacial score (nSPS) is 10.7. The maximum Gasteiger partial charge on any atom is 0.249 e. The largest absolute Gasteiger partial charge is 0.491 e. The van der Waals surface area contributed by atoms with Crippen molar-refractivity contribution in [3.8, 4) is 11.6 Å². The van der Waals surface area contributed by atoms with E-state index in [0.717, 1.165) is 0 Å². The standard InChI is InChI=1S/C15H19N3O3/c1-10(2)21-13-6-4-5-11(15(16)19)12(13)9-20-14-7-8-18(3)17-14/h4-8,10H,9H2,1-3H3,(H2,16,19). The highest BCUT2D eigenvalue weighted by Crippen LogP contribution is 2.25. The van der Waals surface area contributed by atoms with Gasteiger partial charge in [0.15, 0.2) is 0 Å². The molecule has 0 aliphatic heterocycles. The van der Waals surface area contributed by atoms with Crippen LogP contribution < -0.4 is 15.2 Å². The van der Waals surface area contributed by atoms with Gasteiger partial charge in [-0.15, -0.1) is 5.10 Å². The molecule has 0 spiro atoms. The van der Waals surface area contributed by atoms with Gasteiger partial charge < -0.3 is 15.2 Å². The summed E-state index contributed by atoms with van der Waals surface area (Å²) in [6.45, 7) is 4.00. The number of aryl methyl sites for hydroxylation is 1. The fourth-order valence-corrected chi connectivity index (χ4v) is 1.93. The zero-order valence-corrected chi connectivity index (χ0v) is 12.4. The van der Waals surface area contributed by atoms with Crippen molar-refractivity contribution in [1.82, 2.24) is 9.78 Å². The van der Waals surface area contributed by atoms with Crippen molar-refractivity contribution in [3.05, 3.63) is 41.6 Å². The highest BCUT2D eigenvalue weighted by molar-refractivity contribution is 5.95. The number of amides is 1. The van der Waals surface area contributed by atoms with Gasteiger partial charge in [0.25, 0.3) is 0 Å². The Morgan fingerprint density at radius 3 is 2.71 bits per heavy atom. The van der Waals surface area contributed by atoms with E-state index in [1.807, 2.05) is 13.8 Å². The quantitative estimate of drug-likeness (QED) is 0.880. The molecular weight excluding hydrogens is 270 g/mol. The van der Waals surface area contributed by atoms with Crippen LogP contribution in [0.3, 0.4) is 0 Å². The third-order valence-electron chi connectivity index (χ3n) is 2.81. The Morgan fingerprint density at radius 1 is 1.38 bits per heavy atom. The van der Waals surface area contributed by atoms with E-state index in [9.17, 15) is 4.79 Å². The van der Waals surface area contributed by atoms with E-state index in [0.29, 0.717) is 22.8 Å². The molecule has 1 heterocycles. The first-order valence-corrected chi connectivity index (χ1v) is 6.68. The second kappa shape index (κ2) is 6.30. The third kappa shape index (κ3) is 3.75. The molecule has 2 rings (SSSR count). The van der Waals surface area contributed by atoms with Crippen LogP contribution in [-0.4, -0.2) is 21.8 Å². The summed E-state index contributed by atoms with van der Waals surface area (Å²) in [4.78, 5) is 11.6. The topological polar surface area (TPSA) is 79.4 Å². The summed E-state index contributed by atoms with van der Waals surface area (Å²) in [5.74, 6) is 0.563. The first-order valence-electron chi connectivity index (χ1n) is 6.68. The minimum absolute atomic E-state index is 0.0123. The minimum atomic E-state index is -0.510. The molecule has 1 aromatic heterocycles. The van der Waals surface area contributed by atoms with Gasteiger partial charge in [0.05, 0.1) is 6.10 Å². The lowest BCUT2D eigenvalue weighted by Gasteiger charge is -2.16. The zero-order chi connectivity index (χ0) is 15.4. The molecule has 6 nitrogen and oxygen atoms in total. The lowest BCUT2D eigenvalue weighted by molar-refractivity contribution is 0.0996. The Bertz CT molecular complexity index is 635. The van der Waals surface area contributed by atoms with Crippen LogP contribution in [0.4, 0.5) is 0 Å². The molecule has 0 aliphatic carbocycles. The number of ether oxygens (including phenoxy) is 2. The van der Waals surface area contributed by atoms with Crippen molar-refractivity contribution in [3.63, 3.8) is 0 Å². The Balaban J connectivity index is 2.27. The van der Waals surface area contributed by atoms with Crippen molar-refractivity contribution >= 4 is 5.91 Å². The van der Waals surface area contributed by atoms with Gasteiger partial charge in [0, 0.05) is 30.4 Å². The smallest absolute Gasteiger partial charge is 0.249 e. The average molecular weight is 289 g/mol. The van der Waals surface area contributed by atoms with Crippen molar-refractivity contribution in [1.29, 1.82) is 0 Å². The molecule has 6 heteroatoms.